The van der Waals surface area contributed by atoms with Crippen LogP contribution in [0, 0.1) is 0 Å². The Morgan fingerprint density at radius 3 is 2.75 bits per heavy atom. The molecule has 1 aromatic rings. The molecule has 0 aliphatic carbocycles. The Bertz CT molecular complexity index is 416. The van der Waals surface area contributed by atoms with Crippen LogP contribution in [0.4, 0.5) is 0 Å². The summed E-state index contributed by atoms with van der Waals surface area (Å²) in [4.78, 5) is 14.2. The summed E-state index contributed by atoms with van der Waals surface area (Å²) in [7, 11) is 0. The monoisotopic (exact) mass is 300 g/mol. The molecule has 1 aliphatic heterocycles. The summed E-state index contributed by atoms with van der Waals surface area (Å²) < 4.78 is 5.35. The fraction of sp³-hybridized carbons (Fsp3) is 0.500. The van der Waals surface area contributed by atoms with Gasteiger partial charge in [-0.2, -0.15) is 0 Å². The normalized spacial score (nSPS) is 20.1. The largest absolute Gasteiger partial charge is 0.394 e. The zero-order chi connectivity index (χ0) is 13.7. The molecule has 2 atom stereocenters. The van der Waals surface area contributed by atoms with Gasteiger partial charge in [-0.15, -0.1) is 12.4 Å². The van der Waals surface area contributed by atoms with Crippen LogP contribution in [0.25, 0.3) is 0 Å². The van der Waals surface area contributed by atoms with Gasteiger partial charge >= 0.3 is 0 Å². The fourth-order valence-corrected chi connectivity index (χ4v) is 2.32. The first-order chi connectivity index (χ1) is 9.26. The van der Waals surface area contributed by atoms with Gasteiger partial charge in [0.2, 0.25) is 5.91 Å². The Morgan fingerprint density at radius 2 is 2.15 bits per heavy atom. The van der Waals surface area contributed by atoms with Crippen molar-refractivity contribution in [3.05, 3.63) is 35.9 Å². The lowest BCUT2D eigenvalue weighted by Gasteiger charge is -2.34. The van der Waals surface area contributed by atoms with Gasteiger partial charge in [-0.05, 0) is 5.56 Å². The summed E-state index contributed by atoms with van der Waals surface area (Å²) >= 11 is 0. The van der Waals surface area contributed by atoms with Crippen molar-refractivity contribution in [2.24, 2.45) is 5.73 Å². The van der Waals surface area contributed by atoms with E-state index in [1.807, 2.05) is 30.3 Å². The van der Waals surface area contributed by atoms with E-state index in [0.717, 1.165) is 5.56 Å². The van der Waals surface area contributed by atoms with Crippen LogP contribution in [0.2, 0.25) is 0 Å². The van der Waals surface area contributed by atoms with Gasteiger partial charge in [-0.1, -0.05) is 30.3 Å². The molecule has 0 bridgehead atoms. The molecule has 1 amide bonds. The molecule has 6 heteroatoms. The molecule has 2 unspecified atom stereocenters. The van der Waals surface area contributed by atoms with E-state index in [2.05, 4.69) is 0 Å². The van der Waals surface area contributed by atoms with Gasteiger partial charge in [0, 0.05) is 19.6 Å². The Morgan fingerprint density at radius 1 is 1.45 bits per heavy atom. The quantitative estimate of drug-likeness (QED) is 0.842. The second-order valence-corrected chi connectivity index (χ2v) is 4.66. The van der Waals surface area contributed by atoms with Gasteiger partial charge in [0.05, 0.1) is 25.2 Å². The highest BCUT2D eigenvalue weighted by atomic mass is 35.5. The number of hydrogen-bond donors (Lipinski definition) is 2. The smallest absolute Gasteiger partial charge is 0.231 e. The molecule has 112 valence electrons. The molecule has 20 heavy (non-hydrogen) atoms. The topological polar surface area (TPSA) is 75.8 Å². The van der Waals surface area contributed by atoms with E-state index < -0.39 is 0 Å². The Hall–Kier alpha value is -1.14. The number of aliphatic hydroxyl groups excluding tert-OH is 1. The predicted molar refractivity (Wildman–Crippen MR) is 78.9 cm³/mol. The minimum atomic E-state index is -0.321. The number of aliphatic hydroxyl groups is 1. The molecule has 0 aromatic heterocycles. The molecule has 3 N–H and O–H groups in total. The van der Waals surface area contributed by atoms with E-state index in [0.29, 0.717) is 19.7 Å². The van der Waals surface area contributed by atoms with Crippen molar-refractivity contribution >= 4 is 18.3 Å². The molecule has 0 radical (unpaired) electrons. The molecule has 1 aliphatic rings. The van der Waals surface area contributed by atoms with E-state index in [9.17, 15) is 4.79 Å². The van der Waals surface area contributed by atoms with Crippen LogP contribution >= 0.6 is 12.4 Å². The van der Waals surface area contributed by atoms with Crippen LogP contribution in [0.3, 0.4) is 0 Å². The zero-order valence-corrected chi connectivity index (χ0v) is 12.1. The number of halogens is 1. The Balaban J connectivity index is 0.00000200. The fourth-order valence-electron chi connectivity index (χ4n) is 2.32. The number of hydrogen-bond acceptors (Lipinski definition) is 4. The van der Waals surface area contributed by atoms with Crippen LogP contribution in [0.1, 0.15) is 11.5 Å². The van der Waals surface area contributed by atoms with Crippen LogP contribution in [-0.2, 0) is 9.53 Å². The van der Waals surface area contributed by atoms with Gasteiger partial charge in [0.1, 0.15) is 0 Å². The van der Waals surface area contributed by atoms with E-state index in [1.54, 1.807) is 4.90 Å². The Labute approximate surface area is 125 Å². The van der Waals surface area contributed by atoms with Crippen molar-refractivity contribution in [1.82, 2.24) is 4.90 Å². The lowest BCUT2D eigenvalue weighted by molar-refractivity contribution is -0.141. The summed E-state index contributed by atoms with van der Waals surface area (Å²) in [6.07, 6.45) is -0.285. The average Bonchev–Trinajstić information content (AvgIpc) is 2.49. The number of morpholine rings is 1. The second-order valence-electron chi connectivity index (χ2n) is 4.66. The molecule has 5 nitrogen and oxygen atoms in total. The van der Waals surface area contributed by atoms with Crippen LogP contribution in [0.5, 0.6) is 0 Å². The van der Waals surface area contributed by atoms with E-state index in [-0.39, 0.29) is 43.5 Å². The first-order valence-electron chi connectivity index (χ1n) is 6.52. The first kappa shape index (κ1) is 16.9. The molecule has 1 aromatic carbocycles. The van der Waals surface area contributed by atoms with Gasteiger partial charge in [-0.3, -0.25) is 4.79 Å². The summed E-state index contributed by atoms with van der Waals surface area (Å²) in [6, 6.07) is 9.55. The maximum atomic E-state index is 12.5. The first-order valence-corrected chi connectivity index (χ1v) is 6.52. The van der Waals surface area contributed by atoms with E-state index >= 15 is 0 Å². The highest BCUT2D eigenvalue weighted by molar-refractivity contribution is 5.85. The summed E-state index contributed by atoms with van der Waals surface area (Å²) in [5.41, 5.74) is 6.68. The van der Waals surface area contributed by atoms with Crippen molar-refractivity contribution in [3.63, 3.8) is 0 Å². The predicted octanol–water partition coefficient (Wildman–Crippen LogP) is 0.370. The number of nitrogens with zero attached hydrogens (tertiary/aromatic N) is 1. The third kappa shape index (κ3) is 3.93. The third-order valence-corrected chi connectivity index (χ3v) is 3.39. The van der Waals surface area contributed by atoms with Gasteiger partial charge in [0.25, 0.3) is 0 Å². The number of amides is 1. The lowest BCUT2D eigenvalue weighted by atomic mass is 9.97. The van der Waals surface area contributed by atoms with Gasteiger partial charge in [0.15, 0.2) is 0 Å². The highest BCUT2D eigenvalue weighted by Crippen LogP contribution is 2.19. The molecular weight excluding hydrogens is 280 g/mol. The van der Waals surface area contributed by atoms with Crippen molar-refractivity contribution in [2.75, 3.05) is 32.8 Å². The molecule has 2 rings (SSSR count). The maximum absolute atomic E-state index is 12.5. The van der Waals surface area contributed by atoms with E-state index in [1.165, 1.54) is 0 Å². The maximum Gasteiger partial charge on any atom is 0.231 e. The standard InChI is InChI=1S/C14H20N2O3.ClH/c15-8-13(11-4-2-1-3-5-11)14(18)16-6-7-19-12(9-16)10-17;/h1-5,12-13,17H,6-10,15H2;1H. The Kier molecular flexibility index (Phi) is 6.95. The van der Waals surface area contributed by atoms with Crippen molar-refractivity contribution in [3.8, 4) is 0 Å². The summed E-state index contributed by atoms with van der Waals surface area (Å²) in [6.45, 7) is 1.66. The zero-order valence-electron chi connectivity index (χ0n) is 11.3. The minimum absolute atomic E-state index is 0. The lowest BCUT2D eigenvalue weighted by Crippen LogP contribution is -2.49. The summed E-state index contributed by atoms with van der Waals surface area (Å²) in [5.74, 6) is -0.311. The molecule has 0 spiro atoms. The minimum Gasteiger partial charge on any atom is -0.394 e. The van der Waals surface area contributed by atoms with E-state index in [4.69, 9.17) is 15.6 Å². The van der Waals surface area contributed by atoms with Crippen LogP contribution < -0.4 is 5.73 Å². The number of carbonyl (C=O) groups excluding carboxylic acids is 1. The van der Waals surface area contributed by atoms with Crippen molar-refractivity contribution in [2.45, 2.75) is 12.0 Å². The van der Waals surface area contributed by atoms with Crippen molar-refractivity contribution in [1.29, 1.82) is 0 Å². The van der Waals surface area contributed by atoms with Crippen LogP contribution in [-0.4, -0.2) is 54.9 Å². The summed E-state index contributed by atoms with van der Waals surface area (Å²) in [5, 5.41) is 9.12. The molecule has 0 saturated carbocycles. The number of carbonyl (C=O) groups is 1. The van der Waals surface area contributed by atoms with Crippen molar-refractivity contribution < 1.29 is 14.6 Å². The third-order valence-electron chi connectivity index (χ3n) is 3.39. The molecule has 1 heterocycles. The number of benzene rings is 1. The van der Waals surface area contributed by atoms with Gasteiger partial charge < -0.3 is 20.5 Å². The molecule has 1 saturated heterocycles. The van der Waals surface area contributed by atoms with Crippen LogP contribution in [0.15, 0.2) is 30.3 Å². The molecule has 1 fully saturated rings. The van der Waals surface area contributed by atoms with Gasteiger partial charge in [-0.25, -0.2) is 0 Å². The average molecular weight is 301 g/mol. The number of nitrogens with two attached hydrogens (primary N) is 1. The second kappa shape index (κ2) is 8.21. The highest BCUT2D eigenvalue weighted by Gasteiger charge is 2.29. The molecular formula is C14H21ClN2O3. The number of rotatable bonds is 4. The SMILES string of the molecule is Cl.NCC(C(=O)N1CCOC(CO)C1)c1ccccc1. The number of ether oxygens (including phenoxy) is 1.